The molecule has 5 nitrogen and oxygen atoms in total. The Morgan fingerprint density at radius 1 is 1.07 bits per heavy atom. The van der Waals surface area contributed by atoms with Crippen molar-refractivity contribution in [2.75, 3.05) is 0 Å². The molecule has 3 rings (SSSR count). The Kier molecular flexibility index (Phi) is 6.60. The van der Waals surface area contributed by atoms with Gasteiger partial charge < -0.3 is 9.47 Å². The van der Waals surface area contributed by atoms with E-state index in [9.17, 15) is 9.59 Å². The van der Waals surface area contributed by atoms with E-state index in [0.717, 1.165) is 11.1 Å². The molecule has 0 radical (unpaired) electrons. The molecule has 0 spiro atoms. The standard InChI is InChI=1S/C25H29NO4/c1-5-6-17-20-23(27)29-22(19-15-11-8-12-16-19)21(18-13-9-7-10-14-18)26(20)24(28)30-25(2,3)4/h5,7-16,20-22H,1,6,17H2,2-4H3/t20-,21-,22+/m0/s1. The Bertz CT molecular complexity index is 873. The number of allylic oxidation sites excluding steroid dienone is 1. The fraction of sp³-hybridized carbons (Fsp3) is 0.360. The van der Waals surface area contributed by atoms with Gasteiger partial charge in [-0.15, -0.1) is 6.58 Å². The maximum absolute atomic E-state index is 13.4. The number of cyclic esters (lactones) is 1. The fourth-order valence-electron chi connectivity index (χ4n) is 3.69. The molecule has 1 saturated heterocycles. The fourth-order valence-corrected chi connectivity index (χ4v) is 3.69. The van der Waals surface area contributed by atoms with Crippen LogP contribution in [-0.4, -0.2) is 28.6 Å². The first kappa shape index (κ1) is 21.6. The monoisotopic (exact) mass is 407 g/mol. The van der Waals surface area contributed by atoms with Crippen LogP contribution >= 0.6 is 0 Å². The third-order valence-corrected chi connectivity index (χ3v) is 4.96. The lowest BCUT2D eigenvalue weighted by molar-refractivity contribution is -0.174. The van der Waals surface area contributed by atoms with Gasteiger partial charge in [-0.05, 0) is 44.7 Å². The SMILES string of the molecule is C=CCC[C@H]1C(=O)O[C@H](c2ccccc2)[C@H](c2ccccc2)N1C(=O)OC(C)(C)C. The van der Waals surface area contributed by atoms with Gasteiger partial charge in [-0.25, -0.2) is 9.59 Å². The first-order valence-corrected chi connectivity index (χ1v) is 10.2. The second kappa shape index (κ2) is 9.16. The largest absolute Gasteiger partial charge is 0.453 e. The van der Waals surface area contributed by atoms with Crippen LogP contribution in [0.25, 0.3) is 0 Å². The van der Waals surface area contributed by atoms with Crippen LogP contribution in [0, 0.1) is 0 Å². The summed E-state index contributed by atoms with van der Waals surface area (Å²) in [5.41, 5.74) is 1.02. The Morgan fingerprint density at radius 2 is 1.63 bits per heavy atom. The molecule has 1 heterocycles. The van der Waals surface area contributed by atoms with Crippen LogP contribution in [0.4, 0.5) is 4.79 Å². The highest BCUT2D eigenvalue weighted by atomic mass is 16.6. The number of hydrogen-bond donors (Lipinski definition) is 0. The Hall–Kier alpha value is -3.08. The van der Waals surface area contributed by atoms with Crippen LogP contribution in [0.15, 0.2) is 73.3 Å². The summed E-state index contributed by atoms with van der Waals surface area (Å²) in [7, 11) is 0. The summed E-state index contributed by atoms with van der Waals surface area (Å²) >= 11 is 0. The summed E-state index contributed by atoms with van der Waals surface area (Å²) < 4.78 is 11.7. The predicted molar refractivity (Wildman–Crippen MR) is 116 cm³/mol. The molecule has 0 unspecified atom stereocenters. The number of rotatable bonds is 5. The third-order valence-electron chi connectivity index (χ3n) is 4.96. The molecule has 0 aromatic heterocycles. The lowest BCUT2D eigenvalue weighted by atomic mass is 9.90. The van der Waals surface area contributed by atoms with E-state index in [2.05, 4.69) is 6.58 Å². The van der Waals surface area contributed by atoms with Gasteiger partial charge >= 0.3 is 12.1 Å². The van der Waals surface area contributed by atoms with Crippen molar-refractivity contribution in [3.05, 3.63) is 84.4 Å². The van der Waals surface area contributed by atoms with E-state index >= 15 is 0 Å². The van der Waals surface area contributed by atoms with Crippen LogP contribution in [0.5, 0.6) is 0 Å². The molecule has 0 saturated carbocycles. The van der Waals surface area contributed by atoms with Gasteiger partial charge in [0.25, 0.3) is 0 Å². The smallest absolute Gasteiger partial charge is 0.411 e. The number of amides is 1. The van der Waals surface area contributed by atoms with Crippen LogP contribution < -0.4 is 0 Å². The van der Waals surface area contributed by atoms with E-state index in [-0.39, 0.29) is 0 Å². The van der Waals surface area contributed by atoms with Gasteiger partial charge in [0.05, 0.1) is 0 Å². The highest BCUT2D eigenvalue weighted by Crippen LogP contribution is 2.43. The van der Waals surface area contributed by atoms with E-state index in [1.165, 1.54) is 0 Å². The van der Waals surface area contributed by atoms with Crippen molar-refractivity contribution in [2.45, 2.75) is 57.4 Å². The minimum Gasteiger partial charge on any atom is -0.453 e. The molecule has 1 aliphatic heterocycles. The third kappa shape index (κ3) is 4.90. The van der Waals surface area contributed by atoms with Gasteiger partial charge in [-0.3, -0.25) is 4.90 Å². The molecular weight excluding hydrogens is 378 g/mol. The lowest BCUT2D eigenvalue weighted by Gasteiger charge is -2.45. The van der Waals surface area contributed by atoms with Crippen LogP contribution in [-0.2, 0) is 14.3 Å². The summed E-state index contributed by atoms with van der Waals surface area (Å²) in [5.74, 6) is -0.427. The van der Waals surface area contributed by atoms with E-state index in [4.69, 9.17) is 9.47 Å². The van der Waals surface area contributed by atoms with Crippen molar-refractivity contribution in [1.29, 1.82) is 0 Å². The number of hydrogen-bond acceptors (Lipinski definition) is 4. The molecule has 2 aromatic carbocycles. The average Bonchev–Trinajstić information content (AvgIpc) is 2.72. The van der Waals surface area contributed by atoms with Crippen LogP contribution in [0.3, 0.4) is 0 Å². The summed E-state index contributed by atoms with van der Waals surface area (Å²) in [4.78, 5) is 28.0. The van der Waals surface area contributed by atoms with Crippen molar-refractivity contribution < 1.29 is 19.1 Å². The summed E-state index contributed by atoms with van der Waals surface area (Å²) in [6.45, 7) is 9.21. The first-order chi connectivity index (χ1) is 14.3. The van der Waals surface area contributed by atoms with Crippen molar-refractivity contribution in [3.63, 3.8) is 0 Å². The zero-order valence-corrected chi connectivity index (χ0v) is 17.8. The number of benzene rings is 2. The Labute approximate surface area is 178 Å². The molecule has 3 atom stereocenters. The maximum Gasteiger partial charge on any atom is 0.411 e. The first-order valence-electron chi connectivity index (χ1n) is 10.2. The number of nitrogens with zero attached hydrogens (tertiary/aromatic N) is 1. The maximum atomic E-state index is 13.4. The normalized spacial score (nSPS) is 21.6. The van der Waals surface area contributed by atoms with Gasteiger partial charge in [0.2, 0.25) is 0 Å². The van der Waals surface area contributed by atoms with E-state index in [1.807, 2.05) is 81.4 Å². The van der Waals surface area contributed by atoms with Crippen LogP contribution in [0.1, 0.15) is 56.9 Å². The number of ether oxygens (including phenoxy) is 2. The molecule has 2 aromatic rings. The number of morpholine rings is 1. The molecule has 0 bridgehead atoms. The highest BCUT2D eigenvalue weighted by molar-refractivity contribution is 5.83. The summed E-state index contributed by atoms with van der Waals surface area (Å²) in [6, 6.07) is 17.9. The molecule has 0 aliphatic carbocycles. The van der Waals surface area contributed by atoms with Gasteiger partial charge in [0, 0.05) is 0 Å². The van der Waals surface area contributed by atoms with Gasteiger partial charge in [-0.1, -0.05) is 66.7 Å². The van der Waals surface area contributed by atoms with E-state index < -0.39 is 35.9 Å². The molecule has 1 fully saturated rings. The molecular formula is C25H29NO4. The van der Waals surface area contributed by atoms with Gasteiger partial charge in [-0.2, -0.15) is 0 Å². The number of esters is 1. The van der Waals surface area contributed by atoms with Gasteiger partial charge in [0.1, 0.15) is 17.7 Å². The van der Waals surface area contributed by atoms with Crippen molar-refractivity contribution >= 4 is 12.1 Å². The van der Waals surface area contributed by atoms with Gasteiger partial charge in [0.15, 0.2) is 6.10 Å². The topological polar surface area (TPSA) is 55.8 Å². The summed E-state index contributed by atoms with van der Waals surface area (Å²) in [6.07, 6.45) is 1.58. The molecule has 0 N–H and O–H groups in total. The number of carbonyl (C=O) groups is 2. The molecule has 1 amide bonds. The minimum absolute atomic E-state index is 0.423. The molecule has 5 heteroatoms. The predicted octanol–water partition coefficient (Wildman–Crippen LogP) is 5.60. The van der Waals surface area contributed by atoms with Crippen LogP contribution in [0.2, 0.25) is 0 Å². The number of carbonyl (C=O) groups excluding carboxylic acids is 2. The molecule has 1 aliphatic rings. The Balaban J connectivity index is 2.12. The highest BCUT2D eigenvalue weighted by Gasteiger charge is 2.48. The van der Waals surface area contributed by atoms with Crippen molar-refractivity contribution in [3.8, 4) is 0 Å². The average molecular weight is 408 g/mol. The minimum atomic E-state index is -0.747. The lowest BCUT2D eigenvalue weighted by Crippen LogP contribution is -2.55. The Morgan fingerprint density at radius 3 is 2.17 bits per heavy atom. The zero-order chi connectivity index (χ0) is 21.7. The van der Waals surface area contributed by atoms with E-state index in [1.54, 1.807) is 11.0 Å². The molecule has 158 valence electrons. The summed E-state index contributed by atoms with van der Waals surface area (Å²) in [5, 5.41) is 0. The van der Waals surface area contributed by atoms with Crippen molar-refractivity contribution in [2.24, 2.45) is 0 Å². The van der Waals surface area contributed by atoms with Crippen molar-refractivity contribution in [1.82, 2.24) is 4.90 Å². The van der Waals surface area contributed by atoms with E-state index in [0.29, 0.717) is 12.8 Å². The zero-order valence-electron chi connectivity index (χ0n) is 17.8. The molecule has 30 heavy (non-hydrogen) atoms. The second-order valence-corrected chi connectivity index (χ2v) is 8.39. The quantitative estimate of drug-likeness (QED) is 0.478. The second-order valence-electron chi connectivity index (χ2n) is 8.39.